The van der Waals surface area contributed by atoms with E-state index >= 15 is 0 Å². The monoisotopic (exact) mass is 339 g/mol. The average molecular weight is 339 g/mol. The van der Waals surface area contributed by atoms with E-state index in [1.54, 1.807) is 0 Å². The molecule has 24 heavy (non-hydrogen) atoms. The van der Waals surface area contributed by atoms with Gasteiger partial charge in [0.2, 0.25) is 0 Å². The lowest BCUT2D eigenvalue weighted by atomic mass is 10.1. The molecule has 0 spiro atoms. The summed E-state index contributed by atoms with van der Waals surface area (Å²) in [5, 5.41) is 16.5. The first-order valence-electron chi connectivity index (χ1n) is 7.44. The van der Waals surface area contributed by atoms with Gasteiger partial charge in [0, 0.05) is 26.3 Å². The molecule has 0 radical (unpaired) electrons. The summed E-state index contributed by atoms with van der Waals surface area (Å²) in [6.07, 6.45) is 0.767. The number of carbonyl (C=O) groups excluding carboxylic acids is 2. The highest BCUT2D eigenvalue weighted by Gasteiger charge is 2.18. The van der Waals surface area contributed by atoms with Crippen molar-refractivity contribution in [2.45, 2.75) is 13.3 Å². The van der Waals surface area contributed by atoms with Gasteiger partial charge in [0.25, 0.3) is 11.6 Å². The fourth-order valence-electron chi connectivity index (χ4n) is 1.78. The first-order valence-corrected chi connectivity index (χ1v) is 7.44. The number of hydrogen-bond acceptors (Lipinski definition) is 7. The lowest BCUT2D eigenvalue weighted by molar-refractivity contribution is -0.384. The molecule has 1 rings (SSSR count). The molecule has 0 saturated carbocycles. The van der Waals surface area contributed by atoms with E-state index in [4.69, 9.17) is 9.47 Å². The van der Waals surface area contributed by atoms with E-state index in [0.717, 1.165) is 12.5 Å². The van der Waals surface area contributed by atoms with Crippen LogP contribution in [0.5, 0.6) is 0 Å². The number of carbonyl (C=O) groups is 2. The van der Waals surface area contributed by atoms with Gasteiger partial charge in [-0.15, -0.1) is 0 Å². The third-order valence-electron chi connectivity index (χ3n) is 2.96. The van der Waals surface area contributed by atoms with Crippen LogP contribution in [-0.4, -0.2) is 50.2 Å². The summed E-state index contributed by atoms with van der Waals surface area (Å²) in [7, 11) is 1.52. The van der Waals surface area contributed by atoms with E-state index < -0.39 is 23.4 Å². The van der Waals surface area contributed by atoms with E-state index in [0.29, 0.717) is 19.7 Å². The molecule has 0 atom stereocenters. The fourth-order valence-corrected chi connectivity index (χ4v) is 1.78. The molecule has 1 aromatic carbocycles. The second kappa shape index (κ2) is 10.2. The van der Waals surface area contributed by atoms with Gasteiger partial charge in [-0.3, -0.25) is 14.9 Å². The number of hydrogen-bond donors (Lipinski definition) is 2. The molecule has 0 heterocycles. The van der Waals surface area contributed by atoms with Gasteiger partial charge in [-0.2, -0.15) is 0 Å². The van der Waals surface area contributed by atoms with Crippen LogP contribution in [0, 0.1) is 10.1 Å². The van der Waals surface area contributed by atoms with Gasteiger partial charge in [-0.05, 0) is 18.6 Å². The summed E-state index contributed by atoms with van der Waals surface area (Å²) in [5.74, 6) is -1.22. The van der Waals surface area contributed by atoms with Gasteiger partial charge < -0.3 is 20.1 Å². The van der Waals surface area contributed by atoms with Gasteiger partial charge in [-0.25, -0.2) is 4.79 Å². The predicted molar refractivity (Wildman–Crippen MR) is 87.0 cm³/mol. The van der Waals surface area contributed by atoms with Crippen LogP contribution in [0.3, 0.4) is 0 Å². The Morgan fingerprint density at radius 2 is 2.04 bits per heavy atom. The lowest BCUT2D eigenvalue weighted by Crippen LogP contribution is -2.29. The quantitative estimate of drug-likeness (QED) is 0.285. The van der Waals surface area contributed by atoms with Crippen LogP contribution < -0.4 is 10.6 Å². The topological polar surface area (TPSA) is 120 Å². The molecule has 0 aliphatic heterocycles. The number of amides is 1. The maximum Gasteiger partial charge on any atom is 0.338 e. The van der Waals surface area contributed by atoms with Crippen LogP contribution in [0.15, 0.2) is 18.2 Å². The summed E-state index contributed by atoms with van der Waals surface area (Å²) in [6.45, 7) is 2.73. The number of ether oxygens (including phenoxy) is 2. The van der Waals surface area contributed by atoms with Crippen LogP contribution in [-0.2, 0) is 14.3 Å². The predicted octanol–water partition coefficient (Wildman–Crippen LogP) is 1.34. The van der Waals surface area contributed by atoms with E-state index in [9.17, 15) is 19.7 Å². The van der Waals surface area contributed by atoms with Crippen molar-refractivity contribution in [3.63, 3.8) is 0 Å². The molecule has 0 saturated heterocycles. The van der Waals surface area contributed by atoms with Gasteiger partial charge in [0.15, 0.2) is 6.61 Å². The molecule has 0 aromatic heterocycles. The van der Waals surface area contributed by atoms with Crippen molar-refractivity contribution in [2.24, 2.45) is 0 Å². The first-order chi connectivity index (χ1) is 11.5. The van der Waals surface area contributed by atoms with Crippen LogP contribution in [0.4, 0.5) is 11.4 Å². The molecule has 9 nitrogen and oxygen atoms in total. The van der Waals surface area contributed by atoms with Gasteiger partial charge in [0.1, 0.15) is 5.69 Å². The summed E-state index contributed by atoms with van der Waals surface area (Å²) in [5.41, 5.74) is 0.0209. The molecule has 0 unspecified atom stereocenters. The molecule has 0 fully saturated rings. The highest BCUT2D eigenvalue weighted by molar-refractivity contribution is 5.93. The summed E-state index contributed by atoms with van der Waals surface area (Å²) in [6, 6.07) is 3.93. The smallest absolute Gasteiger partial charge is 0.338 e. The van der Waals surface area contributed by atoms with Crippen LogP contribution in [0.2, 0.25) is 0 Å². The number of benzene rings is 1. The Bertz CT molecular complexity index is 591. The van der Waals surface area contributed by atoms with Crippen molar-refractivity contribution in [3.05, 3.63) is 33.9 Å². The number of nitro groups is 1. The molecule has 0 aliphatic rings. The van der Waals surface area contributed by atoms with Crippen molar-refractivity contribution in [2.75, 3.05) is 38.7 Å². The minimum Gasteiger partial charge on any atom is -0.452 e. The second-order valence-corrected chi connectivity index (χ2v) is 4.83. The maximum atomic E-state index is 11.9. The van der Waals surface area contributed by atoms with E-state index in [-0.39, 0.29) is 16.9 Å². The zero-order chi connectivity index (χ0) is 17.9. The molecule has 2 N–H and O–H groups in total. The zero-order valence-electron chi connectivity index (χ0n) is 13.7. The summed E-state index contributed by atoms with van der Waals surface area (Å²) < 4.78 is 9.71. The molecule has 9 heteroatoms. The average Bonchev–Trinajstić information content (AvgIpc) is 2.58. The van der Waals surface area contributed by atoms with E-state index in [1.807, 2.05) is 6.92 Å². The summed E-state index contributed by atoms with van der Waals surface area (Å²) in [4.78, 5) is 33.8. The van der Waals surface area contributed by atoms with Crippen LogP contribution in [0.25, 0.3) is 0 Å². The highest BCUT2D eigenvalue weighted by Crippen LogP contribution is 2.25. The van der Waals surface area contributed by atoms with Gasteiger partial charge >= 0.3 is 5.97 Å². The Morgan fingerprint density at radius 3 is 2.67 bits per heavy atom. The number of nitro benzene ring substituents is 1. The van der Waals surface area contributed by atoms with Gasteiger partial charge in [0.05, 0.1) is 17.1 Å². The zero-order valence-corrected chi connectivity index (χ0v) is 13.7. The first kappa shape index (κ1) is 19.4. The fraction of sp³-hybridized carbons (Fsp3) is 0.467. The molecular formula is C15H21N3O6. The minimum absolute atomic E-state index is 0.00211. The molecule has 132 valence electrons. The molecule has 1 aromatic rings. The number of anilines is 1. The number of nitrogens with one attached hydrogen (secondary N) is 2. The number of rotatable bonds is 10. The largest absolute Gasteiger partial charge is 0.452 e. The SMILES string of the molecule is CCCNC(=O)COC(=O)c1ccc(NCCOC)c([N+](=O)[O-])c1. The second-order valence-electron chi connectivity index (χ2n) is 4.83. The van der Waals surface area contributed by atoms with Crippen molar-refractivity contribution in [1.29, 1.82) is 0 Å². The van der Waals surface area contributed by atoms with Gasteiger partial charge in [-0.1, -0.05) is 6.92 Å². The van der Waals surface area contributed by atoms with Crippen LogP contribution in [0.1, 0.15) is 23.7 Å². The van der Waals surface area contributed by atoms with E-state index in [2.05, 4.69) is 10.6 Å². The third kappa shape index (κ3) is 6.21. The Kier molecular flexibility index (Phi) is 8.20. The molecular weight excluding hydrogens is 318 g/mol. The van der Waals surface area contributed by atoms with Crippen LogP contribution >= 0.6 is 0 Å². The lowest BCUT2D eigenvalue weighted by Gasteiger charge is -2.09. The van der Waals surface area contributed by atoms with Crippen molar-refractivity contribution >= 4 is 23.3 Å². The minimum atomic E-state index is -0.798. The molecule has 0 bridgehead atoms. The van der Waals surface area contributed by atoms with E-state index in [1.165, 1.54) is 19.2 Å². The Hall–Kier alpha value is -2.68. The van der Waals surface area contributed by atoms with Crippen molar-refractivity contribution < 1.29 is 24.0 Å². The number of esters is 1. The third-order valence-corrected chi connectivity index (χ3v) is 2.96. The normalized spacial score (nSPS) is 10.1. The Morgan fingerprint density at radius 1 is 1.29 bits per heavy atom. The molecule has 0 aliphatic carbocycles. The number of nitrogens with zero attached hydrogens (tertiary/aromatic N) is 1. The number of methoxy groups -OCH3 is 1. The summed E-state index contributed by atoms with van der Waals surface area (Å²) >= 11 is 0. The van der Waals surface area contributed by atoms with Crippen molar-refractivity contribution in [1.82, 2.24) is 5.32 Å². The van der Waals surface area contributed by atoms with Crippen molar-refractivity contribution in [3.8, 4) is 0 Å². The maximum absolute atomic E-state index is 11.9. The Balaban J connectivity index is 2.74. The Labute approximate surface area is 139 Å². The molecule has 1 amide bonds. The highest BCUT2D eigenvalue weighted by atomic mass is 16.6. The standard InChI is InChI=1S/C15H21N3O6/c1-3-6-17-14(19)10-24-15(20)11-4-5-12(16-7-8-23-2)13(9-11)18(21)22/h4-5,9,16H,3,6-8,10H2,1-2H3,(H,17,19).